The first-order chi connectivity index (χ1) is 12.1. The van der Waals surface area contributed by atoms with E-state index in [4.69, 9.17) is 34.8 Å². The molecule has 0 amide bonds. The molecule has 1 nitrogen and oxygen atoms in total. The van der Waals surface area contributed by atoms with Crippen LogP contribution < -0.4 is 0 Å². The Morgan fingerprint density at radius 2 is 0.880 bits per heavy atom. The van der Waals surface area contributed by atoms with Gasteiger partial charge in [0.25, 0.3) is 0 Å². The highest BCUT2D eigenvalue weighted by Crippen LogP contribution is 2.42. The van der Waals surface area contributed by atoms with E-state index in [0.29, 0.717) is 15.1 Å². The number of halogens is 3. The topological polar surface area (TPSA) is 17.1 Å². The molecule has 0 radical (unpaired) electrons. The molecule has 0 saturated heterocycles. The Bertz CT molecular complexity index is 742. The van der Waals surface area contributed by atoms with Crippen molar-refractivity contribution in [3.8, 4) is 0 Å². The molecule has 3 aromatic rings. The largest absolute Gasteiger partial charge is 0.303 e. The van der Waals surface area contributed by atoms with Crippen molar-refractivity contribution in [2.75, 3.05) is 0 Å². The van der Waals surface area contributed by atoms with Crippen LogP contribution in [0, 0.1) is 0 Å². The van der Waals surface area contributed by atoms with Gasteiger partial charge in [0.05, 0.1) is 5.41 Å². The predicted molar refractivity (Wildman–Crippen MR) is 105 cm³/mol. The lowest BCUT2D eigenvalue weighted by Crippen LogP contribution is -2.30. The van der Waals surface area contributed by atoms with Crippen LogP contribution in [0.3, 0.4) is 0 Å². The van der Waals surface area contributed by atoms with Gasteiger partial charge in [0, 0.05) is 21.5 Å². The van der Waals surface area contributed by atoms with Crippen molar-refractivity contribution in [3.05, 3.63) is 105 Å². The first-order valence-electron chi connectivity index (χ1n) is 7.78. The molecular formula is C21H15Cl3O. The first kappa shape index (κ1) is 18.0. The van der Waals surface area contributed by atoms with Crippen LogP contribution in [-0.4, -0.2) is 6.29 Å². The second-order valence-electron chi connectivity index (χ2n) is 5.80. The Morgan fingerprint density at radius 1 is 0.600 bits per heavy atom. The fourth-order valence-electron chi connectivity index (χ4n) is 3.18. The van der Waals surface area contributed by atoms with E-state index in [1.54, 1.807) is 0 Å². The Kier molecular flexibility index (Phi) is 5.48. The third-order valence-electron chi connectivity index (χ3n) is 4.40. The van der Waals surface area contributed by atoms with Crippen LogP contribution in [0.15, 0.2) is 72.8 Å². The van der Waals surface area contributed by atoms with Crippen LogP contribution in [0.2, 0.25) is 15.1 Å². The van der Waals surface area contributed by atoms with Gasteiger partial charge in [0.15, 0.2) is 0 Å². The van der Waals surface area contributed by atoms with E-state index in [2.05, 4.69) is 0 Å². The summed E-state index contributed by atoms with van der Waals surface area (Å²) in [5, 5.41) is 1.95. The van der Waals surface area contributed by atoms with Crippen molar-refractivity contribution in [1.29, 1.82) is 0 Å². The quantitative estimate of drug-likeness (QED) is 0.356. The number of carbonyl (C=O) groups is 1. The Morgan fingerprint density at radius 3 is 1.12 bits per heavy atom. The molecule has 0 N–H and O–H groups in total. The zero-order valence-corrected chi connectivity index (χ0v) is 15.5. The third kappa shape index (κ3) is 3.59. The van der Waals surface area contributed by atoms with Gasteiger partial charge in [-0.1, -0.05) is 71.2 Å². The lowest BCUT2D eigenvalue weighted by molar-refractivity contribution is -0.108. The van der Waals surface area contributed by atoms with Gasteiger partial charge in [-0.05, 0) is 53.1 Å². The smallest absolute Gasteiger partial charge is 0.121 e. The zero-order valence-electron chi connectivity index (χ0n) is 13.3. The normalized spacial score (nSPS) is 11.3. The first-order valence-corrected chi connectivity index (χ1v) is 8.91. The molecule has 0 heterocycles. The second kappa shape index (κ2) is 7.61. The highest BCUT2D eigenvalue weighted by Gasteiger charge is 2.36. The minimum atomic E-state index is -0.637. The van der Waals surface area contributed by atoms with Gasteiger partial charge in [-0.15, -0.1) is 0 Å². The molecule has 126 valence electrons. The number of carbonyl (C=O) groups excluding carboxylic acids is 1. The van der Waals surface area contributed by atoms with Crippen molar-refractivity contribution in [1.82, 2.24) is 0 Å². The van der Waals surface area contributed by atoms with Gasteiger partial charge in [-0.2, -0.15) is 0 Å². The molecule has 0 unspecified atom stereocenters. The second-order valence-corrected chi connectivity index (χ2v) is 7.11. The van der Waals surface area contributed by atoms with Gasteiger partial charge in [-0.3, -0.25) is 0 Å². The maximum absolute atomic E-state index is 11.7. The van der Waals surface area contributed by atoms with Crippen LogP contribution >= 0.6 is 34.8 Å². The van der Waals surface area contributed by atoms with Crippen molar-refractivity contribution in [3.63, 3.8) is 0 Å². The number of aldehydes is 1. The highest BCUT2D eigenvalue weighted by molar-refractivity contribution is 6.31. The standard InChI is InChI=1S/C21H15Cl3O/c22-18-7-1-15(2-8-18)21(13-14-25,16-3-9-19(23)10-4-16)17-5-11-20(24)12-6-17/h1-12,14H,13H2. The SMILES string of the molecule is O=CCC(c1ccc(Cl)cc1)(c1ccc(Cl)cc1)c1ccc(Cl)cc1. The summed E-state index contributed by atoms with van der Waals surface area (Å²) >= 11 is 18.2. The van der Waals surface area contributed by atoms with E-state index in [9.17, 15) is 4.79 Å². The Hall–Kier alpha value is -1.80. The molecule has 4 heteroatoms. The average Bonchev–Trinajstić information content (AvgIpc) is 2.62. The molecule has 3 aromatic carbocycles. The van der Waals surface area contributed by atoms with E-state index >= 15 is 0 Å². The molecular weight excluding hydrogens is 375 g/mol. The Labute approximate surface area is 162 Å². The summed E-state index contributed by atoms with van der Waals surface area (Å²) in [6, 6.07) is 22.7. The Balaban J connectivity index is 2.30. The zero-order chi connectivity index (χ0) is 17.9. The van der Waals surface area contributed by atoms with Crippen molar-refractivity contribution in [2.45, 2.75) is 11.8 Å². The molecule has 0 aliphatic carbocycles. The van der Waals surface area contributed by atoms with E-state index in [1.807, 2.05) is 72.8 Å². The number of rotatable bonds is 5. The molecule has 0 aliphatic rings. The summed E-state index contributed by atoms with van der Waals surface area (Å²) in [6.07, 6.45) is 1.23. The van der Waals surface area contributed by atoms with Gasteiger partial charge in [-0.25, -0.2) is 0 Å². The van der Waals surface area contributed by atoms with Crippen LogP contribution in [0.4, 0.5) is 0 Å². The molecule has 0 aliphatic heterocycles. The van der Waals surface area contributed by atoms with Crippen LogP contribution in [0.1, 0.15) is 23.1 Å². The van der Waals surface area contributed by atoms with Gasteiger partial charge in [0.2, 0.25) is 0 Å². The fourth-order valence-corrected chi connectivity index (χ4v) is 3.56. The van der Waals surface area contributed by atoms with Crippen molar-refractivity contribution < 1.29 is 4.79 Å². The van der Waals surface area contributed by atoms with E-state index < -0.39 is 5.41 Å². The minimum absolute atomic E-state index is 0.290. The lowest BCUT2D eigenvalue weighted by atomic mass is 9.67. The van der Waals surface area contributed by atoms with Gasteiger partial charge < -0.3 is 4.79 Å². The van der Waals surface area contributed by atoms with E-state index in [0.717, 1.165) is 23.0 Å². The summed E-state index contributed by atoms with van der Waals surface area (Å²) in [5.41, 5.74) is 2.30. The van der Waals surface area contributed by atoms with Gasteiger partial charge in [0.1, 0.15) is 6.29 Å². The van der Waals surface area contributed by atoms with E-state index in [-0.39, 0.29) is 6.42 Å². The molecule has 0 saturated carbocycles. The van der Waals surface area contributed by atoms with Crippen LogP contribution in [-0.2, 0) is 10.2 Å². The molecule has 0 fully saturated rings. The summed E-state index contributed by atoms with van der Waals surface area (Å²) < 4.78 is 0. The molecule has 25 heavy (non-hydrogen) atoms. The van der Waals surface area contributed by atoms with E-state index in [1.165, 1.54) is 0 Å². The summed E-state index contributed by atoms with van der Waals surface area (Å²) in [4.78, 5) is 11.7. The van der Waals surface area contributed by atoms with Crippen molar-refractivity contribution >= 4 is 41.1 Å². The maximum Gasteiger partial charge on any atom is 0.121 e. The predicted octanol–water partition coefficient (Wildman–Crippen LogP) is 6.57. The molecule has 0 bridgehead atoms. The summed E-state index contributed by atoms with van der Waals surface area (Å²) in [7, 11) is 0. The van der Waals surface area contributed by atoms with Crippen LogP contribution in [0.5, 0.6) is 0 Å². The third-order valence-corrected chi connectivity index (χ3v) is 5.16. The van der Waals surface area contributed by atoms with Crippen LogP contribution in [0.25, 0.3) is 0 Å². The molecule has 0 atom stereocenters. The summed E-state index contributed by atoms with van der Waals surface area (Å²) in [6.45, 7) is 0. The lowest BCUT2D eigenvalue weighted by Gasteiger charge is -2.34. The molecule has 3 rings (SSSR count). The number of hydrogen-bond acceptors (Lipinski definition) is 1. The molecule has 0 aromatic heterocycles. The minimum Gasteiger partial charge on any atom is -0.303 e. The van der Waals surface area contributed by atoms with Gasteiger partial charge >= 0.3 is 0 Å². The number of benzene rings is 3. The maximum atomic E-state index is 11.7. The summed E-state index contributed by atoms with van der Waals surface area (Å²) in [5.74, 6) is 0. The number of hydrogen-bond donors (Lipinski definition) is 0. The molecule has 0 spiro atoms. The monoisotopic (exact) mass is 388 g/mol. The van der Waals surface area contributed by atoms with Crippen molar-refractivity contribution in [2.24, 2.45) is 0 Å². The fraction of sp³-hybridized carbons (Fsp3) is 0.0952. The average molecular weight is 390 g/mol. The highest BCUT2D eigenvalue weighted by atomic mass is 35.5.